The van der Waals surface area contributed by atoms with Gasteiger partial charge in [-0.1, -0.05) is 41.6 Å². The van der Waals surface area contributed by atoms with E-state index in [4.69, 9.17) is 19.3 Å². The molecule has 4 aliphatic rings. The summed E-state index contributed by atoms with van der Waals surface area (Å²) in [7, 11) is 1.48. The van der Waals surface area contributed by atoms with Gasteiger partial charge < -0.3 is 14.2 Å². The van der Waals surface area contributed by atoms with Gasteiger partial charge in [0.15, 0.2) is 12.1 Å². The number of amides is 3. The number of nitrogens with zero attached hydrogens (tertiary/aromatic N) is 6. The van der Waals surface area contributed by atoms with E-state index < -0.39 is 23.9 Å². The van der Waals surface area contributed by atoms with Gasteiger partial charge in [-0.2, -0.15) is 10.2 Å². The molecule has 2 fully saturated rings. The smallest absolute Gasteiger partial charge is 0.264 e. The summed E-state index contributed by atoms with van der Waals surface area (Å²) in [6, 6.07) is 20.1. The van der Waals surface area contributed by atoms with E-state index in [1.165, 1.54) is 17.1 Å². The summed E-state index contributed by atoms with van der Waals surface area (Å²) in [5, 5.41) is 16.1. The predicted molar refractivity (Wildman–Crippen MR) is 182 cm³/mol. The minimum atomic E-state index is -1.05. The second-order valence-electron chi connectivity index (χ2n) is 12.2. The Hall–Kier alpha value is -5.52. The minimum Gasteiger partial charge on any atom is -0.495 e. The van der Waals surface area contributed by atoms with Gasteiger partial charge in [0.2, 0.25) is 0 Å². The molecule has 12 nitrogen and oxygen atoms in total. The molecular formula is C37H38N6O6. The van der Waals surface area contributed by atoms with Crippen molar-refractivity contribution in [3.8, 4) is 17.2 Å². The number of benzene rings is 3. The Morgan fingerprint density at radius 2 is 1.59 bits per heavy atom. The molecular weight excluding hydrogens is 624 g/mol. The molecule has 1 aliphatic carbocycles. The van der Waals surface area contributed by atoms with Crippen molar-refractivity contribution in [1.82, 2.24) is 10.0 Å². The lowest BCUT2D eigenvalue weighted by molar-refractivity contribution is -0.136. The maximum absolute atomic E-state index is 14.3. The van der Waals surface area contributed by atoms with Crippen molar-refractivity contribution >= 4 is 35.2 Å². The summed E-state index contributed by atoms with van der Waals surface area (Å²) in [6.45, 7) is 4.76. The number of hydrazone groups is 1. The number of rotatable bonds is 10. The Kier molecular flexibility index (Phi) is 8.85. The van der Waals surface area contributed by atoms with Crippen molar-refractivity contribution in [1.29, 1.82) is 0 Å². The van der Waals surface area contributed by atoms with Crippen LogP contribution < -0.4 is 19.1 Å². The van der Waals surface area contributed by atoms with Crippen molar-refractivity contribution in [3.05, 3.63) is 89.5 Å². The lowest BCUT2D eigenvalue weighted by atomic mass is 9.77. The number of imide groups is 1. The summed E-state index contributed by atoms with van der Waals surface area (Å²) in [4.78, 5) is 42.5. The first kappa shape index (κ1) is 32.0. The predicted octanol–water partition coefficient (Wildman–Crippen LogP) is 5.61. The Morgan fingerprint density at radius 1 is 0.898 bits per heavy atom. The highest BCUT2D eigenvalue weighted by atomic mass is 16.5. The number of allylic oxidation sites excluding steroid dienone is 1. The number of methoxy groups -OCH3 is 1. The molecule has 12 heteroatoms. The van der Waals surface area contributed by atoms with E-state index in [2.05, 4.69) is 16.4 Å². The van der Waals surface area contributed by atoms with E-state index in [0.29, 0.717) is 24.7 Å². The molecule has 3 heterocycles. The van der Waals surface area contributed by atoms with Crippen LogP contribution in [0.3, 0.4) is 0 Å². The number of hydrogen-bond acceptors (Lipinski definition) is 10. The fourth-order valence-corrected chi connectivity index (χ4v) is 7.11. The van der Waals surface area contributed by atoms with Gasteiger partial charge in [-0.3, -0.25) is 19.4 Å². The molecule has 3 aromatic rings. The van der Waals surface area contributed by atoms with Gasteiger partial charge in [-0.05, 0) is 92.3 Å². The second kappa shape index (κ2) is 13.5. The molecule has 3 amide bonds. The van der Waals surface area contributed by atoms with Crippen molar-refractivity contribution in [2.45, 2.75) is 51.2 Å². The van der Waals surface area contributed by atoms with Gasteiger partial charge in [0, 0.05) is 5.92 Å². The number of para-hydroxylation sites is 2. The van der Waals surface area contributed by atoms with E-state index >= 15 is 0 Å². The molecule has 3 aliphatic heterocycles. The molecule has 1 saturated heterocycles. The first-order valence-electron chi connectivity index (χ1n) is 16.7. The van der Waals surface area contributed by atoms with Crippen LogP contribution in [0.25, 0.3) is 6.08 Å². The van der Waals surface area contributed by atoms with Gasteiger partial charge in [0.05, 0.1) is 37.8 Å². The Labute approximate surface area is 284 Å². The van der Waals surface area contributed by atoms with Crippen LogP contribution in [0.15, 0.2) is 93.8 Å². The van der Waals surface area contributed by atoms with E-state index in [1.807, 2.05) is 62.4 Å². The number of anilines is 1. The van der Waals surface area contributed by atoms with Gasteiger partial charge in [-0.25, -0.2) is 9.91 Å². The average molecular weight is 663 g/mol. The molecule has 1 saturated carbocycles. The van der Waals surface area contributed by atoms with Crippen LogP contribution in [0.2, 0.25) is 0 Å². The molecule has 49 heavy (non-hydrogen) atoms. The lowest BCUT2D eigenvalue weighted by Crippen LogP contribution is -2.45. The third kappa shape index (κ3) is 5.92. The largest absolute Gasteiger partial charge is 0.495 e. The normalized spacial score (nSPS) is 23.5. The van der Waals surface area contributed by atoms with Crippen LogP contribution in [-0.4, -0.2) is 72.4 Å². The Bertz CT molecular complexity index is 1840. The highest BCUT2D eigenvalue weighted by Gasteiger charge is 2.56. The van der Waals surface area contributed by atoms with E-state index in [-0.39, 0.29) is 24.4 Å². The van der Waals surface area contributed by atoms with Crippen LogP contribution in [0.4, 0.5) is 5.69 Å². The van der Waals surface area contributed by atoms with Gasteiger partial charge in [-0.15, -0.1) is 0 Å². The van der Waals surface area contributed by atoms with Crippen molar-refractivity contribution in [3.63, 3.8) is 0 Å². The SMILES string of the molecule is CCOc1ccc(/C=C2\CCC[C@H]3C2=NN(C(=O)CN2N=N[C@@H]4C(=O)N(c5ccccc5OC)C(=O)[C@@H]42)[C@H]3c2ccc(OCC)cc2)cc1. The average Bonchev–Trinajstić information content (AvgIpc) is 3.79. The standard InChI is InChI=1S/C37H38N6O6/c1-4-48-26-17-13-23(14-18-26)21-25-9-8-10-28-32(25)39-43(34(28)24-15-19-27(20-16-24)49-5-2)31(44)22-41-35-33(38-40-41)36(45)42(37(35)46)29-11-6-7-12-30(29)47-3/h6-7,11-21,28,33-35H,4-5,8-10,22H2,1-3H3/b25-21+/t28-,33-,34-,35+/m0/s1. The van der Waals surface area contributed by atoms with Crippen LogP contribution in [-0.2, 0) is 14.4 Å². The van der Waals surface area contributed by atoms with Gasteiger partial charge in [0.1, 0.15) is 23.8 Å². The monoisotopic (exact) mass is 662 g/mol. The highest BCUT2D eigenvalue weighted by Crippen LogP contribution is 2.45. The summed E-state index contributed by atoms with van der Waals surface area (Å²) in [5.74, 6) is 0.530. The Morgan fingerprint density at radius 3 is 2.29 bits per heavy atom. The quantitative estimate of drug-likeness (QED) is 0.259. The number of ether oxygens (including phenoxy) is 3. The molecule has 4 atom stereocenters. The van der Waals surface area contributed by atoms with Crippen molar-refractivity contribution in [2.24, 2.45) is 21.4 Å². The lowest BCUT2D eigenvalue weighted by Gasteiger charge is -2.30. The summed E-state index contributed by atoms with van der Waals surface area (Å²) in [5.41, 5.74) is 4.24. The fourth-order valence-electron chi connectivity index (χ4n) is 7.11. The zero-order valence-electron chi connectivity index (χ0n) is 27.7. The van der Waals surface area contributed by atoms with Gasteiger partial charge in [0.25, 0.3) is 17.7 Å². The number of carbonyl (C=O) groups excluding carboxylic acids is 3. The second-order valence-corrected chi connectivity index (χ2v) is 12.2. The maximum atomic E-state index is 14.3. The van der Waals surface area contributed by atoms with E-state index in [9.17, 15) is 14.4 Å². The fraction of sp³-hybridized carbons (Fsp3) is 0.351. The zero-order valence-corrected chi connectivity index (χ0v) is 27.7. The van der Waals surface area contributed by atoms with Gasteiger partial charge >= 0.3 is 0 Å². The van der Waals surface area contributed by atoms with Crippen LogP contribution in [0.1, 0.15) is 50.3 Å². The molecule has 0 aromatic heterocycles. The van der Waals surface area contributed by atoms with Crippen LogP contribution >= 0.6 is 0 Å². The maximum Gasteiger partial charge on any atom is 0.264 e. The highest BCUT2D eigenvalue weighted by molar-refractivity contribution is 6.26. The summed E-state index contributed by atoms with van der Waals surface area (Å²) in [6.07, 6.45) is 4.77. The minimum absolute atomic E-state index is 0.0340. The topological polar surface area (TPSA) is 126 Å². The number of carbonyl (C=O) groups is 3. The molecule has 0 N–H and O–H groups in total. The molecule has 0 radical (unpaired) electrons. The number of fused-ring (bicyclic) bond motifs is 2. The zero-order chi connectivity index (χ0) is 34.1. The third-order valence-electron chi connectivity index (χ3n) is 9.30. The van der Waals surface area contributed by atoms with Crippen LogP contribution in [0, 0.1) is 5.92 Å². The Balaban J connectivity index is 1.18. The van der Waals surface area contributed by atoms with E-state index in [1.54, 1.807) is 24.3 Å². The molecule has 252 valence electrons. The summed E-state index contributed by atoms with van der Waals surface area (Å²) >= 11 is 0. The van der Waals surface area contributed by atoms with Crippen molar-refractivity contribution in [2.75, 3.05) is 31.8 Å². The first-order valence-corrected chi connectivity index (χ1v) is 16.7. The molecule has 7 rings (SSSR count). The molecule has 0 unspecified atom stereocenters. The van der Waals surface area contributed by atoms with E-state index in [0.717, 1.165) is 58.1 Å². The van der Waals surface area contributed by atoms with Crippen molar-refractivity contribution < 1.29 is 28.6 Å². The first-order chi connectivity index (χ1) is 23.9. The number of hydrogen-bond donors (Lipinski definition) is 0. The molecule has 0 bridgehead atoms. The molecule has 3 aromatic carbocycles. The molecule has 0 spiro atoms. The summed E-state index contributed by atoms with van der Waals surface area (Å²) < 4.78 is 16.7. The third-order valence-corrected chi connectivity index (χ3v) is 9.30. The van der Waals surface area contributed by atoms with Crippen LogP contribution in [0.5, 0.6) is 17.2 Å².